The van der Waals surface area contributed by atoms with Crippen LogP contribution in [-0.4, -0.2) is 33.7 Å². The number of methoxy groups -OCH3 is 3. The zero-order valence-electron chi connectivity index (χ0n) is 12.1. The molecule has 1 rings (SSSR count). The third-order valence-electron chi connectivity index (χ3n) is 3.07. The van der Waals surface area contributed by atoms with Crippen molar-refractivity contribution in [2.75, 3.05) is 27.9 Å². The van der Waals surface area contributed by atoms with Gasteiger partial charge in [0.1, 0.15) is 22.8 Å². The van der Waals surface area contributed by atoms with Crippen LogP contribution >= 0.6 is 0 Å². The largest absolute Gasteiger partial charge is 0.496 e. The highest BCUT2D eigenvalue weighted by Gasteiger charge is 2.32. The quantitative estimate of drug-likeness (QED) is 0.797. The van der Waals surface area contributed by atoms with Gasteiger partial charge in [-0.1, -0.05) is 13.8 Å². The number of hydrogen-bond acceptors (Lipinski definition) is 5. The van der Waals surface area contributed by atoms with Crippen LogP contribution in [0.1, 0.15) is 24.2 Å². The Morgan fingerprint density at radius 3 is 1.89 bits per heavy atom. The van der Waals surface area contributed by atoms with E-state index in [4.69, 9.17) is 19.9 Å². The summed E-state index contributed by atoms with van der Waals surface area (Å²) >= 11 is 0. The molecular weight excluding hydrogens is 246 g/mol. The standard InChI is InChI=1S/C14H21NO4/c1-14(2,8-15)13(16)12-10(18-4)6-9(17-3)7-11(12)19-5/h6-7H,8,15H2,1-5H3. The summed E-state index contributed by atoms with van der Waals surface area (Å²) in [6.07, 6.45) is 0. The van der Waals surface area contributed by atoms with Crippen LogP contribution in [0.3, 0.4) is 0 Å². The first-order valence-corrected chi connectivity index (χ1v) is 5.96. The van der Waals surface area contributed by atoms with Crippen molar-refractivity contribution in [2.24, 2.45) is 11.1 Å². The van der Waals surface area contributed by atoms with Crippen molar-refractivity contribution in [1.29, 1.82) is 0 Å². The van der Waals surface area contributed by atoms with Gasteiger partial charge in [-0.3, -0.25) is 4.79 Å². The second kappa shape index (κ2) is 5.93. The van der Waals surface area contributed by atoms with Crippen LogP contribution in [0.4, 0.5) is 0 Å². The number of carbonyl (C=O) groups excluding carboxylic acids is 1. The first-order valence-electron chi connectivity index (χ1n) is 5.96. The Labute approximate surface area is 113 Å². The molecule has 5 heteroatoms. The molecule has 0 saturated carbocycles. The number of ketones is 1. The molecule has 1 aromatic carbocycles. The second-order valence-electron chi connectivity index (χ2n) is 4.82. The van der Waals surface area contributed by atoms with Crippen molar-refractivity contribution >= 4 is 5.78 Å². The van der Waals surface area contributed by atoms with Crippen LogP contribution in [0.25, 0.3) is 0 Å². The Balaban J connectivity index is 3.44. The number of ether oxygens (including phenoxy) is 3. The van der Waals surface area contributed by atoms with Crippen molar-refractivity contribution < 1.29 is 19.0 Å². The lowest BCUT2D eigenvalue weighted by Gasteiger charge is -2.23. The third-order valence-corrected chi connectivity index (χ3v) is 3.07. The van der Waals surface area contributed by atoms with E-state index in [2.05, 4.69) is 0 Å². The Hall–Kier alpha value is -1.75. The normalized spacial score (nSPS) is 11.1. The SMILES string of the molecule is COc1cc(OC)c(C(=O)C(C)(C)CN)c(OC)c1. The fourth-order valence-electron chi connectivity index (χ4n) is 1.66. The molecule has 19 heavy (non-hydrogen) atoms. The number of nitrogens with two attached hydrogens (primary N) is 1. The van der Waals surface area contributed by atoms with Crippen molar-refractivity contribution in [2.45, 2.75) is 13.8 Å². The molecule has 0 aliphatic rings. The van der Waals surface area contributed by atoms with Crippen LogP contribution in [0.15, 0.2) is 12.1 Å². The van der Waals surface area contributed by atoms with E-state index in [1.54, 1.807) is 33.1 Å². The average Bonchev–Trinajstić information content (AvgIpc) is 2.44. The van der Waals surface area contributed by atoms with E-state index in [0.29, 0.717) is 22.8 Å². The summed E-state index contributed by atoms with van der Waals surface area (Å²) in [4.78, 5) is 12.6. The summed E-state index contributed by atoms with van der Waals surface area (Å²) in [5, 5.41) is 0. The molecule has 0 heterocycles. The monoisotopic (exact) mass is 267 g/mol. The lowest BCUT2D eigenvalue weighted by molar-refractivity contribution is 0.0840. The Bertz CT molecular complexity index is 444. The highest BCUT2D eigenvalue weighted by Crippen LogP contribution is 2.37. The molecule has 0 saturated heterocycles. The van der Waals surface area contributed by atoms with Gasteiger partial charge in [0, 0.05) is 24.1 Å². The van der Waals surface area contributed by atoms with Crippen LogP contribution in [0, 0.1) is 5.41 Å². The van der Waals surface area contributed by atoms with Crippen molar-refractivity contribution in [3.8, 4) is 17.2 Å². The van der Waals surface area contributed by atoms with Crippen molar-refractivity contribution in [3.05, 3.63) is 17.7 Å². The summed E-state index contributed by atoms with van der Waals surface area (Å²) in [5.41, 5.74) is 5.36. The number of carbonyl (C=O) groups is 1. The van der Waals surface area contributed by atoms with E-state index in [9.17, 15) is 4.79 Å². The summed E-state index contributed by atoms with van der Waals surface area (Å²) in [5.74, 6) is 1.28. The van der Waals surface area contributed by atoms with Gasteiger partial charge >= 0.3 is 0 Å². The molecule has 0 bridgehead atoms. The van der Waals surface area contributed by atoms with Gasteiger partial charge in [-0.2, -0.15) is 0 Å². The molecule has 0 unspecified atom stereocenters. The van der Waals surface area contributed by atoms with Gasteiger partial charge in [-0.25, -0.2) is 0 Å². The maximum atomic E-state index is 12.6. The molecule has 0 fully saturated rings. The maximum absolute atomic E-state index is 12.6. The summed E-state index contributed by atoms with van der Waals surface area (Å²) < 4.78 is 15.7. The number of benzene rings is 1. The zero-order valence-corrected chi connectivity index (χ0v) is 12.1. The minimum Gasteiger partial charge on any atom is -0.496 e. The molecule has 1 aromatic rings. The van der Waals surface area contributed by atoms with Gasteiger partial charge in [0.15, 0.2) is 5.78 Å². The summed E-state index contributed by atoms with van der Waals surface area (Å²) in [6, 6.07) is 3.31. The predicted octanol–water partition coefficient (Wildman–Crippen LogP) is 1.88. The third kappa shape index (κ3) is 2.98. The summed E-state index contributed by atoms with van der Waals surface area (Å²) in [6.45, 7) is 3.82. The minimum absolute atomic E-state index is 0.119. The fraction of sp³-hybridized carbons (Fsp3) is 0.500. The zero-order chi connectivity index (χ0) is 14.6. The fourth-order valence-corrected chi connectivity index (χ4v) is 1.66. The maximum Gasteiger partial charge on any atom is 0.177 e. The molecule has 0 amide bonds. The van der Waals surface area contributed by atoms with Gasteiger partial charge in [0.05, 0.1) is 21.3 Å². The molecule has 5 nitrogen and oxygen atoms in total. The van der Waals surface area contributed by atoms with Crippen LogP contribution < -0.4 is 19.9 Å². The lowest BCUT2D eigenvalue weighted by atomic mass is 9.83. The van der Waals surface area contributed by atoms with Gasteiger partial charge in [0.2, 0.25) is 0 Å². The van der Waals surface area contributed by atoms with E-state index in [1.165, 1.54) is 14.2 Å². The molecule has 0 aliphatic carbocycles. The molecule has 0 atom stereocenters. The molecule has 0 radical (unpaired) electrons. The highest BCUT2D eigenvalue weighted by molar-refractivity contribution is 6.05. The second-order valence-corrected chi connectivity index (χ2v) is 4.82. The highest BCUT2D eigenvalue weighted by atomic mass is 16.5. The molecule has 0 spiro atoms. The Kier molecular flexibility index (Phi) is 4.78. The predicted molar refractivity (Wildman–Crippen MR) is 73.3 cm³/mol. The van der Waals surface area contributed by atoms with Crippen LogP contribution in [-0.2, 0) is 0 Å². The van der Waals surface area contributed by atoms with Crippen molar-refractivity contribution in [1.82, 2.24) is 0 Å². The van der Waals surface area contributed by atoms with E-state index in [0.717, 1.165) is 0 Å². The Morgan fingerprint density at radius 1 is 1.11 bits per heavy atom. The number of hydrogen-bond donors (Lipinski definition) is 1. The average molecular weight is 267 g/mol. The summed E-state index contributed by atoms with van der Waals surface area (Å²) in [7, 11) is 4.54. The van der Waals surface area contributed by atoms with Gasteiger partial charge in [-0.05, 0) is 0 Å². The van der Waals surface area contributed by atoms with E-state index in [1.807, 2.05) is 0 Å². The first-order chi connectivity index (χ1) is 8.91. The molecule has 0 aromatic heterocycles. The molecule has 0 aliphatic heterocycles. The topological polar surface area (TPSA) is 70.8 Å². The molecule has 106 valence electrons. The lowest BCUT2D eigenvalue weighted by Crippen LogP contribution is -2.33. The van der Waals surface area contributed by atoms with E-state index in [-0.39, 0.29) is 12.3 Å². The van der Waals surface area contributed by atoms with E-state index < -0.39 is 5.41 Å². The van der Waals surface area contributed by atoms with Gasteiger partial charge in [-0.15, -0.1) is 0 Å². The van der Waals surface area contributed by atoms with E-state index >= 15 is 0 Å². The first kappa shape index (κ1) is 15.3. The molecule has 2 N–H and O–H groups in total. The number of Topliss-reactive ketones (excluding diaryl/α,β-unsaturated/α-hetero) is 1. The Morgan fingerprint density at radius 2 is 1.58 bits per heavy atom. The van der Waals surface area contributed by atoms with Gasteiger partial charge in [0.25, 0.3) is 0 Å². The smallest absolute Gasteiger partial charge is 0.177 e. The van der Waals surface area contributed by atoms with Crippen molar-refractivity contribution in [3.63, 3.8) is 0 Å². The number of rotatable bonds is 6. The molecular formula is C14H21NO4. The van der Waals surface area contributed by atoms with Crippen LogP contribution in [0.5, 0.6) is 17.2 Å². The van der Waals surface area contributed by atoms with Crippen LogP contribution in [0.2, 0.25) is 0 Å². The minimum atomic E-state index is -0.685. The van der Waals surface area contributed by atoms with Gasteiger partial charge < -0.3 is 19.9 Å².